The molecule has 1 heterocycles. The van der Waals surface area contributed by atoms with Gasteiger partial charge in [-0.05, 0) is 49.1 Å². The van der Waals surface area contributed by atoms with E-state index < -0.39 is 0 Å². The van der Waals surface area contributed by atoms with Gasteiger partial charge in [0.15, 0.2) is 0 Å². The van der Waals surface area contributed by atoms with E-state index in [0.29, 0.717) is 13.0 Å². The van der Waals surface area contributed by atoms with E-state index in [-0.39, 0.29) is 5.76 Å². The molecule has 26 heavy (non-hydrogen) atoms. The average molecular weight is 347 g/mol. The lowest BCUT2D eigenvalue weighted by atomic mass is 10.1. The number of aliphatic hydroxyl groups excluding tert-OH is 1. The van der Waals surface area contributed by atoms with Crippen molar-refractivity contribution in [3.63, 3.8) is 0 Å². The average Bonchev–Trinajstić information content (AvgIpc) is 2.66. The molecule has 1 N–H and O–H groups in total. The zero-order valence-corrected chi connectivity index (χ0v) is 15.0. The van der Waals surface area contributed by atoms with E-state index in [1.54, 1.807) is 0 Å². The molecule has 0 atom stereocenters. The van der Waals surface area contributed by atoms with Gasteiger partial charge in [-0.2, -0.15) is 0 Å². The van der Waals surface area contributed by atoms with Gasteiger partial charge in [-0.3, -0.25) is 0 Å². The highest BCUT2D eigenvalue weighted by Crippen LogP contribution is 2.18. The van der Waals surface area contributed by atoms with Crippen LogP contribution in [0.3, 0.4) is 0 Å². The molecule has 0 fully saturated rings. The Balaban J connectivity index is 1.52. The van der Waals surface area contributed by atoms with E-state index in [9.17, 15) is 0 Å². The van der Waals surface area contributed by atoms with Crippen molar-refractivity contribution in [3.8, 4) is 5.75 Å². The van der Waals surface area contributed by atoms with Crippen molar-refractivity contribution in [2.45, 2.75) is 38.7 Å². The molecule has 2 aromatic carbocycles. The minimum absolute atomic E-state index is 0.280. The fraction of sp³-hybridized carbons (Fsp3) is 0.261. The number of nitrogens with zero attached hydrogens (tertiary/aromatic N) is 1. The Morgan fingerprint density at radius 2 is 1.85 bits per heavy atom. The number of aromatic nitrogens is 1. The molecule has 3 aromatic rings. The Morgan fingerprint density at radius 1 is 0.962 bits per heavy atom. The molecule has 0 amide bonds. The number of hydrogen-bond donors (Lipinski definition) is 1. The topological polar surface area (TPSA) is 42.4 Å². The van der Waals surface area contributed by atoms with Crippen molar-refractivity contribution < 1.29 is 9.84 Å². The van der Waals surface area contributed by atoms with E-state index in [1.165, 1.54) is 5.56 Å². The summed E-state index contributed by atoms with van der Waals surface area (Å²) in [5.74, 6) is 1.16. The summed E-state index contributed by atoms with van der Waals surface area (Å²) in [4.78, 5) is 4.64. The van der Waals surface area contributed by atoms with Crippen LogP contribution in [0.1, 0.15) is 36.9 Å². The number of benzene rings is 2. The predicted molar refractivity (Wildman–Crippen MR) is 106 cm³/mol. The molecule has 1 aromatic heterocycles. The molecule has 0 spiro atoms. The monoisotopic (exact) mass is 347 g/mol. The summed E-state index contributed by atoms with van der Waals surface area (Å²) in [5.41, 5.74) is 3.20. The highest BCUT2D eigenvalue weighted by atomic mass is 16.5. The Morgan fingerprint density at radius 3 is 2.73 bits per heavy atom. The van der Waals surface area contributed by atoms with Crippen LogP contribution in [0.2, 0.25) is 0 Å². The minimum atomic E-state index is 0.280. The quantitative estimate of drug-likeness (QED) is 0.382. The van der Waals surface area contributed by atoms with Gasteiger partial charge in [-0.25, -0.2) is 4.98 Å². The van der Waals surface area contributed by atoms with Crippen LogP contribution in [-0.2, 0) is 13.0 Å². The number of ether oxygens (including phenoxy) is 1. The number of pyridine rings is 1. The molecule has 3 heteroatoms. The first-order valence-electron chi connectivity index (χ1n) is 9.14. The summed E-state index contributed by atoms with van der Waals surface area (Å²) in [6.07, 6.45) is 4.89. The van der Waals surface area contributed by atoms with Crippen molar-refractivity contribution in [3.05, 3.63) is 84.3 Å². The lowest BCUT2D eigenvalue weighted by Crippen LogP contribution is -1.99. The van der Waals surface area contributed by atoms with Crippen molar-refractivity contribution in [1.29, 1.82) is 0 Å². The second kappa shape index (κ2) is 9.04. The largest absolute Gasteiger partial charge is 0.513 e. The van der Waals surface area contributed by atoms with Crippen LogP contribution in [0.25, 0.3) is 10.9 Å². The summed E-state index contributed by atoms with van der Waals surface area (Å²) in [6.45, 7) is 3.98. The highest BCUT2D eigenvalue weighted by molar-refractivity contribution is 5.78. The van der Waals surface area contributed by atoms with Gasteiger partial charge in [0, 0.05) is 11.8 Å². The summed E-state index contributed by atoms with van der Waals surface area (Å²) < 4.78 is 5.93. The molecule has 0 radical (unpaired) electrons. The molecule has 0 saturated heterocycles. The fourth-order valence-electron chi connectivity index (χ4n) is 2.97. The zero-order chi connectivity index (χ0) is 18.2. The third-order valence-corrected chi connectivity index (χ3v) is 4.37. The first kappa shape index (κ1) is 18.0. The molecule has 3 nitrogen and oxygen atoms in total. The standard InChI is InChI=1S/C23H25NO2/c1-18(25)8-3-2-4-9-19-10-7-12-22(16-19)26-17-21-15-14-20-11-5-6-13-23(20)24-21/h5-7,10-16,25H,1-4,8-9,17H2. The van der Waals surface area contributed by atoms with Crippen LogP contribution in [-0.4, -0.2) is 10.1 Å². The number of hydrogen-bond acceptors (Lipinski definition) is 3. The molecule has 0 bridgehead atoms. The number of aryl methyl sites for hydroxylation is 1. The first-order chi connectivity index (χ1) is 12.7. The van der Waals surface area contributed by atoms with Gasteiger partial charge in [-0.1, -0.05) is 49.4 Å². The van der Waals surface area contributed by atoms with E-state index in [4.69, 9.17) is 9.84 Å². The number of aliphatic hydroxyl groups is 1. The third-order valence-electron chi connectivity index (χ3n) is 4.37. The fourth-order valence-corrected chi connectivity index (χ4v) is 2.97. The third kappa shape index (κ3) is 5.35. The SMILES string of the molecule is C=C(O)CCCCCc1cccc(OCc2ccc3ccccc3n2)c1. The maximum Gasteiger partial charge on any atom is 0.130 e. The Kier molecular flexibility index (Phi) is 6.26. The Bertz CT molecular complexity index is 873. The van der Waals surface area contributed by atoms with Crippen LogP contribution in [0, 0.1) is 0 Å². The molecular weight excluding hydrogens is 322 g/mol. The van der Waals surface area contributed by atoms with Gasteiger partial charge in [0.2, 0.25) is 0 Å². The van der Waals surface area contributed by atoms with E-state index in [1.807, 2.05) is 36.4 Å². The van der Waals surface area contributed by atoms with E-state index in [0.717, 1.165) is 48.0 Å². The lowest BCUT2D eigenvalue weighted by Gasteiger charge is -2.09. The first-order valence-corrected chi connectivity index (χ1v) is 9.14. The van der Waals surface area contributed by atoms with Gasteiger partial charge in [0.25, 0.3) is 0 Å². The molecule has 134 valence electrons. The number of rotatable bonds is 9. The van der Waals surface area contributed by atoms with Crippen molar-refractivity contribution in [2.24, 2.45) is 0 Å². The summed E-state index contributed by atoms with van der Waals surface area (Å²) in [6, 6.07) is 20.5. The maximum atomic E-state index is 9.10. The van der Waals surface area contributed by atoms with Gasteiger partial charge in [0.1, 0.15) is 12.4 Å². The number of para-hydroxylation sites is 1. The van der Waals surface area contributed by atoms with Gasteiger partial charge in [0.05, 0.1) is 17.0 Å². The smallest absolute Gasteiger partial charge is 0.130 e. The number of allylic oxidation sites excluding steroid dienone is 1. The van der Waals surface area contributed by atoms with Crippen LogP contribution in [0.15, 0.2) is 73.0 Å². The minimum Gasteiger partial charge on any atom is -0.513 e. The molecule has 3 rings (SSSR count). The Labute approximate surface area is 155 Å². The van der Waals surface area contributed by atoms with Crippen molar-refractivity contribution in [2.75, 3.05) is 0 Å². The normalized spacial score (nSPS) is 10.8. The van der Waals surface area contributed by atoms with E-state index >= 15 is 0 Å². The predicted octanol–water partition coefficient (Wildman–Crippen LogP) is 5.99. The van der Waals surface area contributed by atoms with Crippen LogP contribution in [0.5, 0.6) is 5.75 Å². The summed E-state index contributed by atoms with van der Waals surface area (Å²) in [5, 5.41) is 10.2. The van der Waals surface area contributed by atoms with Gasteiger partial charge >= 0.3 is 0 Å². The van der Waals surface area contributed by atoms with Crippen molar-refractivity contribution in [1.82, 2.24) is 4.98 Å². The summed E-state index contributed by atoms with van der Waals surface area (Å²) >= 11 is 0. The van der Waals surface area contributed by atoms with Crippen molar-refractivity contribution >= 4 is 10.9 Å². The van der Waals surface area contributed by atoms with Crippen LogP contribution >= 0.6 is 0 Å². The molecular formula is C23H25NO2. The Hall–Kier alpha value is -2.81. The number of fused-ring (bicyclic) bond motifs is 1. The summed E-state index contributed by atoms with van der Waals surface area (Å²) in [7, 11) is 0. The van der Waals surface area contributed by atoms with Crippen LogP contribution < -0.4 is 4.74 Å². The highest BCUT2D eigenvalue weighted by Gasteiger charge is 2.02. The molecule has 0 aliphatic rings. The maximum absolute atomic E-state index is 9.10. The second-order valence-corrected chi connectivity index (χ2v) is 6.56. The lowest BCUT2D eigenvalue weighted by molar-refractivity contribution is 0.301. The van der Waals surface area contributed by atoms with E-state index in [2.05, 4.69) is 35.8 Å². The molecule has 0 aliphatic carbocycles. The van der Waals surface area contributed by atoms with Gasteiger partial charge < -0.3 is 9.84 Å². The molecule has 0 unspecified atom stereocenters. The van der Waals surface area contributed by atoms with Crippen LogP contribution in [0.4, 0.5) is 0 Å². The molecule has 0 aliphatic heterocycles. The zero-order valence-electron chi connectivity index (χ0n) is 15.0. The van der Waals surface area contributed by atoms with Gasteiger partial charge in [-0.15, -0.1) is 0 Å². The second-order valence-electron chi connectivity index (χ2n) is 6.56. The molecule has 0 saturated carbocycles. The number of unbranched alkanes of at least 4 members (excludes halogenated alkanes) is 2.